The molecule has 0 aliphatic carbocycles. The van der Waals surface area contributed by atoms with E-state index in [9.17, 15) is 9.36 Å². The van der Waals surface area contributed by atoms with Crippen LogP contribution in [0, 0.1) is 5.92 Å². The van der Waals surface area contributed by atoms with Gasteiger partial charge in [-0.15, -0.1) is 0 Å². The number of nitrogen functional groups attached to an aromatic ring is 1. The molecule has 0 bridgehead atoms. The van der Waals surface area contributed by atoms with E-state index in [1.165, 1.54) is 6.33 Å². The molecule has 0 unspecified atom stereocenters. The lowest BCUT2D eigenvalue weighted by Gasteiger charge is -2.29. The Morgan fingerprint density at radius 1 is 1.44 bits per heavy atom. The van der Waals surface area contributed by atoms with Crippen LogP contribution in [0.1, 0.15) is 19.8 Å². The molecule has 2 aromatic rings. The molecule has 2 aromatic heterocycles. The van der Waals surface area contributed by atoms with Gasteiger partial charge in [0, 0.05) is 12.3 Å². The van der Waals surface area contributed by atoms with Crippen molar-refractivity contribution in [1.29, 1.82) is 0 Å². The Hall–Kier alpha value is -2.07. The maximum atomic E-state index is 12.5. The number of nitrogens with zero attached hydrogens (tertiary/aromatic N) is 4. The van der Waals surface area contributed by atoms with Crippen LogP contribution in [-0.2, 0) is 29.7 Å². The zero-order valence-corrected chi connectivity index (χ0v) is 15.7. The topological polar surface area (TPSA) is 152 Å². The van der Waals surface area contributed by atoms with Crippen molar-refractivity contribution in [3.05, 3.63) is 12.7 Å². The number of nitrogens with two attached hydrogens (primary N) is 1. The molecule has 0 radical (unpaired) electrons. The quantitative estimate of drug-likeness (QED) is 0.624. The van der Waals surface area contributed by atoms with E-state index >= 15 is 0 Å². The summed E-state index contributed by atoms with van der Waals surface area (Å²) in [7, 11) is -3.34. The highest BCUT2D eigenvalue weighted by molar-refractivity contribution is 7.53. The first-order chi connectivity index (χ1) is 12.9. The van der Waals surface area contributed by atoms with Crippen LogP contribution in [0.3, 0.4) is 0 Å². The van der Waals surface area contributed by atoms with Crippen molar-refractivity contribution in [2.75, 3.05) is 25.3 Å². The molecule has 148 valence electrons. The zero-order valence-electron chi connectivity index (χ0n) is 14.9. The van der Waals surface area contributed by atoms with Crippen molar-refractivity contribution in [3.63, 3.8) is 0 Å². The number of aliphatic carboxylic acids is 1. The highest BCUT2D eigenvalue weighted by Gasteiger charge is 2.33. The minimum Gasteiger partial charge on any atom is -0.481 e. The van der Waals surface area contributed by atoms with Gasteiger partial charge < -0.3 is 29.2 Å². The van der Waals surface area contributed by atoms with Crippen molar-refractivity contribution in [1.82, 2.24) is 19.5 Å². The molecule has 0 saturated carbocycles. The molecule has 27 heavy (non-hydrogen) atoms. The smallest absolute Gasteiger partial charge is 0.356 e. The van der Waals surface area contributed by atoms with Gasteiger partial charge in [-0.05, 0) is 13.3 Å². The molecule has 3 heterocycles. The van der Waals surface area contributed by atoms with Gasteiger partial charge in [0.05, 0.1) is 32.2 Å². The summed E-state index contributed by atoms with van der Waals surface area (Å²) >= 11 is 0. The van der Waals surface area contributed by atoms with Crippen LogP contribution in [0.15, 0.2) is 12.7 Å². The van der Waals surface area contributed by atoms with Gasteiger partial charge in [-0.2, -0.15) is 0 Å². The molecular weight excluding hydrogens is 377 g/mol. The van der Waals surface area contributed by atoms with Gasteiger partial charge in [0.2, 0.25) is 0 Å². The van der Waals surface area contributed by atoms with Gasteiger partial charge >= 0.3 is 13.6 Å². The van der Waals surface area contributed by atoms with Gasteiger partial charge in [0.1, 0.15) is 18.2 Å². The van der Waals surface area contributed by atoms with Crippen molar-refractivity contribution in [2.45, 2.75) is 32.4 Å². The van der Waals surface area contributed by atoms with Crippen molar-refractivity contribution in [3.8, 4) is 0 Å². The number of aromatic nitrogens is 4. The van der Waals surface area contributed by atoms with Gasteiger partial charge in [0.15, 0.2) is 11.5 Å². The third kappa shape index (κ3) is 5.01. The van der Waals surface area contributed by atoms with E-state index in [4.69, 9.17) is 24.6 Å². The first kappa shape index (κ1) is 19.7. The van der Waals surface area contributed by atoms with Crippen LogP contribution < -0.4 is 5.73 Å². The van der Waals surface area contributed by atoms with Crippen LogP contribution >= 0.6 is 7.60 Å². The molecule has 1 fully saturated rings. The van der Waals surface area contributed by atoms with Crippen molar-refractivity contribution < 1.29 is 28.3 Å². The maximum Gasteiger partial charge on any atom is 0.356 e. The van der Waals surface area contributed by atoms with Gasteiger partial charge in [-0.25, -0.2) is 15.0 Å². The summed E-state index contributed by atoms with van der Waals surface area (Å²) in [6, 6.07) is 0. The van der Waals surface area contributed by atoms with Crippen LogP contribution in [0.5, 0.6) is 0 Å². The van der Waals surface area contributed by atoms with E-state index in [0.29, 0.717) is 29.9 Å². The molecule has 1 aliphatic heterocycles. The third-order valence-electron chi connectivity index (χ3n) is 4.18. The third-order valence-corrected chi connectivity index (χ3v) is 5.73. The second kappa shape index (κ2) is 8.30. The Labute approximate surface area is 155 Å². The summed E-state index contributed by atoms with van der Waals surface area (Å²) in [5.74, 6) is -0.652. The SMILES string of the molecule is C[C@H](Cn1cnc2c(N)ncnc21)OCP1(=O)OCC(CCC(=O)O)CO1. The van der Waals surface area contributed by atoms with Crippen molar-refractivity contribution in [2.24, 2.45) is 5.92 Å². The number of hydrogen-bond acceptors (Lipinski definition) is 9. The number of hydrogen-bond donors (Lipinski definition) is 2. The van der Waals surface area contributed by atoms with E-state index in [1.807, 2.05) is 6.92 Å². The van der Waals surface area contributed by atoms with Crippen molar-refractivity contribution >= 4 is 30.5 Å². The van der Waals surface area contributed by atoms with E-state index in [1.54, 1.807) is 10.9 Å². The minimum absolute atomic E-state index is 0.0299. The lowest BCUT2D eigenvalue weighted by molar-refractivity contribution is -0.137. The number of carboxylic acid groups (broad SMARTS) is 1. The van der Waals surface area contributed by atoms with E-state index in [2.05, 4.69) is 15.0 Å². The first-order valence-corrected chi connectivity index (χ1v) is 10.2. The highest BCUT2D eigenvalue weighted by Crippen LogP contribution is 2.52. The first-order valence-electron chi connectivity index (χ1n) is 8.49. The summed E-state index contributed by atoms with van der Waals surface area (Å²) in [6.07, 6.45) is 2.93. The number of rotatable bonds is 8. The predicted molar refractivity (Wildman–Crippen MR) is 95.0 cm³/mol. The van der Waals surface area contributed by atoms with Gasteiger partial charge in [0.25, 0.3) is 0 Å². The molecule has 12 heteroatoms. The lowest BCUT2D eigenvalue weighted by Crippen LogP contribution is -2.25. The van der Waals surface area contributed by atoms with E-state index < -0.39 is 13.6 Å². The summed E-state index contributed by atoms with van der Waals surface area (Å²) in [6.45, 7) is 2.64. The summed E-state index contributed by atoms with van der Waals surface area (Å²) < 4.78 is 30.6. The monoisotopic (exact) mass is 399 g/mol. The van der Waals surface area contributed by atoms with E-state index in [0.717, 1.165) is 0 Å². The maximum absolute atomic E-state index is 12.5. The van der Waals surface area contributed by atoms with Crippen LogP contribution in [-0.4, -0.2) is 56.3 Å². The Kier molecular flexibility index (Phi) is 6.05. The minimum atomic E-state index is -3.34. The second-order valence-corrected chi connectivity index (χ2v) is 8.43. The van der Waals surface area contributed by atoms with Gasteiger partial charge in [-0.3, -0.25) is 9.36 Å². The zero-order chi connectivity index (χ0) is 19.4. The summed E-state index contributed by atoms with van der Waals surface area (Å²) in [5.41, 5.74) is 6.87. The molecule has 1 saturated heterocycles. The number of carbonyl (C=O) groups is 1. The number of fused-ring (bicyclic) bond motifs is 1. The lowest BCUT2D eigenvalue weighted by atomic mass is 10.1. The molecule has 0 amide bonds. The molecule has 1 aliphatic rings. The Morgan fingerprint density at radius 3 is 2.89 bits per heavy atom. The molecule has 0 aromatic carbocycles. The average Bonchev–Trinajstić information content (AvgIpc) is 3.04. The molecule has 0 spiro atoms. The fourth-order valence-corrected chi connectivity index (χ4v) is 4.21. The van der Waals surface area contributed by atoms with Crippen LogP contribution in [0.2, 0.25) is 0 Å². The summed E-state index contributed by atoms with van der Waals surface area (Å²) in [4.78, 5) is 22.8. The number of ether oxygens (including phenoxy) is 1. The standard InChI is InChI=1S/C15H22N5O6P/c1-10(4-20-8-19-13-14(16)17-7-18-15(13)20)24-9-27(23)25-5-11(6-26-27)2-3-12(21)22/h7-8,10-11H,2-6,9H2,1H3,(H,21,22)(H2,16,17,18)/t10-,11?,27?/m1/s1. The molecule has 3 rings (SSSR count). The normalized spacial score (nSPS) is 24.1. The highest BCUT2D eigenvalue weighted by atomic mass is 31.2. The number of anilines is 1. The molecule has 3 N–H and O–H groups in total. The number of imidazole rings is 1. The molecular formula is C15H22N5O6P. The van der Waals surface area contributed by atoms with Crippen LogP contribution in [0.25, 0.3) is 11.2 Å². The average molecular weight is 399 g/mol. The fourth-order valence-electron chi connectivity index (χ4n) is 2.67. The Morgan fingerprint density at radius 2 is 2.19 bits per heavy atom. The fraction of sp³-hybridized carbons (Fsp3) is 0.600. The Bertz CT molecular complexity index is 846. The number of carboxylic acids is 1. The summed E-state index contributed by atoms with van der Waals surface area (Å²) in [5, 5.41) is 8.70. The van der Waals surface area contributed by atoms with Gasteiger partial charge in [-0.1, -0.05) is 0 Å². The molecule has 1 atom stereocenters. The van der Waals surface area contributed by atoms with E-state index in [-0.39, 0.29) is 38.0 Å². The molecule has 11 nitrogen and oxygen atoms in total. The Balaban J connectivity index is 1.49. The van der Waals surface area contributed by atoms with Crippen LogP contribution in [0.4, 0.5) is 5.82 Å². The predicted octanol–water partition coefficient (Wildman–Crippen LogP) is 1.49. The largest absolute Gasteiger partial charge is 0.481 e. The second-order valence-electron chi connectivity index (χ2n) is 6.44.